The van der Waals surface area contributed by atoms with Crippen molar-refractivity contribution >= 4 is 0 Å². The maximum Gasteiger partial charge on any atom is 0.126 e. The molecule has 0 fully saturated rings. The van der Waals surface area contributed by atoms with Gasteiger partial charge in [0, 0.05) is 13.1 Å². The van der Waals surface area contributed by atoms with Gasteiger partial charge in [-0.15, -0.1) is 0 Å². The van der Waals surface area contributed by atoms with E-state index in [2.05, 4.69) is 5.32 Å². The summed E-state index contributed by atoms with van der Waals surface area (Å²) in [4.78, 5) is 0. The molecule has 2 aromatic carbocycles. The highest BCUT2D eigenvalue weighted by atomic mass is 19.1. The van der Waals surface area contributed by atoms with Crippen molar-refractivity contribution in [1.29, 1.82) is 0 Å². The predicted octanol–water partition coefficient (Wildman–Crippen LogP) is 2.36. The summed E-state index contributed by atoms with van der Waals surface area (Å²) in [6, 6.07) is 8.79. The zero-order valence-corrected chi connectivity index (χ0v) is 16.0. The SMILES string of the molecule is OC(CNC[C@H](O)[C@@H]1CCc2cc(F)ccc2O1)[C@@H]1CCc2cc(F)ccc2O1. The molecule has 4 atom stereocenters. The first-order valence-corrected chi connectivity index (χ1v) is 9.96. The van der Waals surface area contributed by atoms with Crippen molar-refractivity contribution in [2.24, 2.45) is 0 Å². The first-order valence-electron chi connectivity index (χ1n) is 9.96. The predicted molar refractivity (Wildman–Crippen MR) is 103 cm³/mol. The minimum atomic E-state index is -0.753. The van der Waals surface area contributed by atoms with E-state index in [0.717, 1.165) is 11.1 Å². The third-order valence-electron chi connectivity index (χ3n) is 5.56. The second-order valence-corrected chi connectivity index (χ2v) is 7.69. The highest BCUT2D eigenvalue weighted by molar-refractivity contribution is 5.36. The fraction of sp³-hybridized carbons (Fsp3) is 0.455. The molecule has 156 valence electrons. The monoisotopic (exact) mass is 405 g/mol. The van der Waals surface area contributed by atoms with Crippen LogP contribution in [0.5, 0.6) is 11.5 Å². The molecule has 0 aromatic heterocycles. The Hall–Kier alpha value is -2.22. The summed E-state index contributed by atoms with van der Waals surface area (Å²) in [7, 11) is 0. The molecule has 1 unspecified atom stereocenters. The number of ether oxygens (including phenoxy) is 2. The van der Waals surface area contributed by atoms with Crippen LogP contribution >= 0.6 is 0 Å². The van der Waals surface area contributed by atoms with Crippen molar-refractivity contribution in [3.63, 3.8) is 0 Å². The van der Waals surface area contributed by atoms with Crippen LogP contribution in [0.2, 0.25) is 0 Å². The first kappa shape index (κ1) is 20.1. The van der Waals surface area contributed by atoms with E-state index in [1.807, 2.05) is 0 Å². The van der Waals surface area contributed by atoms with Gasteiger partial charge in [0.05, 0.1) is 0 Å². The molecular weight excluding hydrogens is 380 g/mol. The van der Waals surface area contributed by atoms with Crippen molar-refractivity contribution in [3.05, 3.63) is 59.2 Å². The van der Waals surface area contributed by atoms with E-state index in [4.69, 9.17) is 9.47 Å². The molecule has 0 radical (unpaired) electrons. The number of aliphatic hydroxyl groups excluding tert-OH is 2. The molecular formula is C22H25F2NO4. The quantitative estimate of drug-likeness (QED) is 0.688. The molecule has 3 N–H and O–H groups in total. The maximum absolute atomic E-state index is 13.3. The first-order chi connectivity index (χ1) is 14.0. The summed E-state index contributed by atoms with van der Waals surface area (Å²) in [5.41, 5.74) is 1.62. The number of rotatable bonds is 6. The van der Waals surface area contributed by atoms with Gasteiger partial charge in [0.1, 0.15) is 47.5 Å². The van der Waals surface area contributed by atoms with Gasteiger partial charge in [-0.25, -0.2) is 8.78 Å². The number of hydrogen-bond acceptors (Lipinski definition) is 5. The fourth-order valence-corrected chi connectivity index (χ4v) is 3.94. The number of fused-ring (bicyclic) bond motifs is 2. The third kappa shape index (κ3) is 4.69. The Morgan fingerprint density at radius 3 is 1.72 bits per heavy atom. The topological polar surface area (TPSA) is 71.0 Å². The zero-order valence-electron chi connectivity index (χ0n) is 16.0. The molecule has 29 heavy (non-hydrogen) atoms. The van der Waals surface area contributed by atoms with E-state index in [1.54, 1.807) is 12.1 Å². The van der Waals surface area contributed by atoms with Gasteiger partial charge >= 0.3 is 0 Å². The summed E-state index contributed by atoms with van der Waals surface area (Å²) in [5.74, 6) is 0.624. The van der Waals surface area contributed by atoms with Crippen molar-refractivity contribution in [2.75, 3.05) is 13.1 Å². The van der Waals surface area contributed by atoms with Gasteiger partial charge < -0.3 is 25.0 Å². The average Bonchev–Trinajstić information content (AvgIpc) is 2.72. The van der Waals surface area contributed by atoms with Gasteiger partial charge in [-0.2, -0.15) is 0 Å². The Morgan fingerprint density at radius 2 is 1.28 bits per heavy atom. The fourth-order valence-electron chi connectivity index (χ4n) is 3.94. The van der Waals surface area contributed by atoms with Crippen LogP contribution in [0.15, 0.2) is 36.4 Å². The van der Waals surface area contributed by atoms with Crippen LogP contribution in [0.1, 0.15) is 24.0 Å². The van der Waals surface area contributed by atoms with E-state index in [0.29, 0.717) is 37.2 Å². The molecule has 5 nitrogen and oxygen atoms in total. The van der Waals surface area contributed by atoms with E-state index in [-0.39, 0.29) is 36.9 Å². The number of halogens is 2. The molecule has 0 saturated heterocycles. The molecule has 0 bridgehead atoms. The minimum absolute atomic E-state index is 0.257. The van der Waals surface area contributed by atoms with Crippen molar-refractivity contribution < 1.29 is 28.5 Å². The van der Waals surface area contributed by atoms with E-state index >= 15 is 0 Å². The molecule has 4 rings (SSSR count). The Bertz CT molecular complexity index is 793. The van der Waals surface area contributed by atoms with Crippen LogP contribution in [0.4, 0.5) is 8.78 Å². The molecule has 2 aliphatic rings. The molecule has 7 heteroatoms. The average molecular weight is 405 g/mol. The van der Waals surface area contributed by atoms with Gasteiger partial charge in [0.25, 0.3) is 0 Å². The third-order valence-corrected chi connectivity index (χ3v) is 5.56. The van der Waals surface area contributed by atoms with Crippen LogP contribution in [0.25, 0.3) is 0 Å². The lowest BCUT2D eigenvalue weighted by atomic mass is 9.98. The second kappa shape index (κ2) is 8.65. The van der Waals surface area contributed by atoms with Crippen LogP contribution in [-0.4, -0.2) is 47.7 Å². The van der Waals surface area contributed by atoms with Crippen LogP contribution in [0, 0.1) is 11.6 Å². The standard InChI is InChI=1S/C22H25F2NO4/c23-15-3-7-19-13(9-15)1-5-21(28-19)17(26)11-25-12-18(27)22-6-2-14-10-16(24)4-8-20(14)29-22/h3-4,7-10,17-18,21-22,25-27H,1-2,5-6,11-12H2/t17-,18?,21-,22-/m0/s1. The summed E-state index contributed by atoms with van der Waals surface area (Å²) in [5, 5.41) is 23.9. The number of nitrogens with one attached hydrogen (secondary N) is 1. The second-order valence-electron chi connectivity index (χ2n) is 7.69. The molecule has 2 aliphatic heterocycles. The van der Waals surface area contributed by atoms with E-state index < -0.39 is 12.2 Å². The zero-order chi connectivity index (χ0) is 20.4. The van der Waals surface area contributed by atoms with E-state index in [9.17, 15) is 19.0 Å². The molecule has 0 amide bonds. The highest BCUT2D eigenvalue weighted by Crippen LogP contribution is 2.30. The maximum atomic E-state index is 13.3. The summed E-state index contributed by atoms with van der Waals surface area (Å²) < 4.78 is 38.2. The Balaban J connectivity index is 1.24. The van der Waals surface area contributed by atoms with Crippen molar-refractivity contribution in [1.82, 2.24) is 5.32 Å². The van der Waals surface area contributed by atoms with Crippen LogP contribution in [0.3, 0.4) is 0 Å². The smallest absolute Gasteiger partial charge is 0.126 e. The van der Waals surface area contributed by atoms with Crippen LogP contribution in [-0.2, 0) is 12.8 Å². The van der Waals surface area contributed by atoms with Gasteiger partial charge in [0.15, 0.2) is 0 Å². The largest absolute Gasteiger partial charge is 0.487 e. The summed E-state index contributed by atoms with van der Waals surface area (Å²) in [6.45, 7) is 0.513. The molecule has 2 heterocycles. The lowest BCUT2D eigenvalue weighted by Gasteiger charge is -2.31. The number of benzene rings is 2. The van der Waals surface area contributed by atoms with Gasteiger partial charge in [-0.1, -0.05) is 0 Å². The highest BCUT2D eigenvalue weighted by Gasteiger charge is 2.29. The van der Waals surface area contributed by atoms with Gasteiger partial charge in [0.2, 0.25) is 0 Å². The Labute approximate surface area is 168 Å². The molecule has 0 aliphatic carbocycles. The summed E-state index contributed by atoms with van der Waals surface area (Å²) in [6.07, 6.45) is 0.214. The van der Waals surface area contributed by atoms with Crippen molar-refractivity contribution in [3.8, 4) is 11.5 Å². The van der Waals surface area contributed by atoms with Crippen molar-refractivity contribution in [2.45, 2.75) is 50.1 Å². The normalized spacial score (nSPS) is 22.6. The molecule has 2 aromatic rings. The Kier molecular flexibility index (Phi) is 5.99. The number of aliphatic hydroxyl groups is 2. The lowest BCUT2D eigenvalue weighted by molar-refractivity contribution is 0.00892. The van der Waals surface area contributed by atoms with Gasteiger partial charge in [-0.3, -0.25) is 0 Å². The van der Waals surface area contributed by atoms with Gasteiger partial charge in [-0.05, 0) is 73.2 Å². The molecule has 0 saturated carbocycles. The number of hydrogen-bond donors (Lipinski definition) is 3. The lowest BCUT2D eigenvalue weighted by Crippen LogP contribution is -2.46. The van der Waals surface area contributed by atoms with E-state index in [1.165, 1.54) is 24.3 Å². The minimum Gasteiger partial charge on any atom is -0.487 e. The molecule has 0 spiro atoms. The Morgan fingerprint density at radius 1 is 0.828 bits per heavy atom. The van der Waals surface area contributed by atoms with Crippen LogP contribution < -0.4 is 14.8 Å². The number of aryl methyl sites for hydroxylation is 2. The summed E-state index contributed by atoms with van der Waals surface area (Å²) >= 11 is 0.